The summed E-state index contributed by atoms with van der Waals surface area (Å²) in [6, 6.07) is 1.11. The monoisotopic (exact) mass is 485 g/mol. The molecule has 0 atom stereocenters. The van der Waals surface area contributed by atoms with Gasteiger partial charge < -0.3 is 5.32 Å². The van der Waals surface area contributed by atoms with Crippen molar-refractivity contribution in [3.63, 3.8) is 0 Å². The number of amides is 1. The molecule has 154 valence electrons. The Bertz CT molecular complexity index is 1060. The third kappa shape index (κ3) is 4.11. The minimum atomic E-state index is -5.68. The van der Waals surface area contributed by atoms with E-state index in [2.05, 4.69) is 26.1 Å². The highest BCUT2D eigenvalue weighted by molar-refractivity contribution is 9.10. The van der Waals surface area contributed by atoms with Crippen LogP contribution in [0.15, 0.2) is 29.1 Å². The van der Waals surface area contributed by atoms with Gasteiger partial charge in [0.2, 0.25) is 0 Å². The second-order valence-electron chi connectivity index (χ2n) is 5.54. The first-order chi connectivity index (χ1) is 13.5. The number of aromatic nitrogens is 4. The molecule has 1 aromatic carbocycles. The van der Waals surface area contributed by atoms with Crippen LogP contribution in [0.2, 0.25) is 0 Å². The predicted octanol–water partition coefficient (Wildman–Crippen LogP) is 4.18. The summed E-state index contributed by atoms with van der Waals surface area (Å²) in [6.07, 6.45) is -1.32. The van der Waals surface area contributed by atoms with E-state index in [0.29, 0.717) is 4.47 Å². The minimum absolute atomic E-state index is 0.0468. The summed E-state index contributed by atoms with van der Waals surface area (Å²) < 4.78 is 96.0. The summed E-state index contributed by atoms with van der Waals surface area (Å²) in [5.41, 5.74) is -4.86. The number of hydrogen-bond acceptors (Lipinski definition) is 3. The standard InChI is InChI=1S/C15H7BrF7N5O/c16-6-3-24-28(4-6)5-27-2-1-7(26-27)14(29)25-13-11(19)9(17)8(15(21,22)23)10(18)12(13)20/h1-4H,5H2,(H,25,29). The Hall–Kier alpha value is -2.90. The van der Waals surface area contributed by atoms with E-state index >= 15 is 0 Å². The number of anilines is 1. The van der Waals surface area contributed by atoms with E-state index in [1.165, 1.54) is 27.1 Å². The van der Waals surface area contributed by atoms with Gasteiger partial charge in [-0.25, -0.2) is 22.2 Å². The van der Waals surface area contributed by atoms with Crippen molar-refractivity contribution in [1.82, 2.24) is 19.6 Å². The number of nitrogens with one attached hydrogen (secondary N) is 1. The maximum absolute atomic E-state index is 13.9. The van der Waals surface area contributed by atoms with Crippen LogP contribution in [0.4, 0.5) is 36.4 Å². The van der Waals surface area contributed by atoms with Gasteiger partial charge >= 0.3 is 6.18 Å². The van der Waals surface area contributed by atoms with Gasteiger partial charge in [0.15, 0.2) is 29.0 Å². The zero-order valence-corrected chi connectivity index (χ0v) is 15.3. The Morgan fingerprint density at radius 2 is 1.69 bits per heavy atom. The van der Waals surface area contributed by atoms with Crippen LogP contribution in [0.1, 0.15) is 16.1 Å². The first-order valence-corrected chi connectivity index (χ1v) is 8.24. The number of hydrogen-bond donors (Lipinski definition) is 1. The van der Waals surface area contributed by atoms with Gasteiger partial charge in [-0.15, -0.1) is 0 Å². The van der Waals surface area contributed by atoms with E-state index in [4.69, 9.17) is 0 Å². The molecule has 3 aromatic rings. The van der Waals surface area contributed by atoms with Gasteiger partial charge in [-0.05, 0) is 22.0 Å². The third-order valence-corrected chi connectivity index (χ3v) is 3.96. The molecule has 0 unspecified atom stereocenters. The molecular formula is C15H7BrF7N5O. The van der Waals surface area contributed by atoms with Crippen LogP contribution in [0.25, 0.3) is 0 Å². The van der Waals surface area contributed by atoms with Crippen molar-refractivity contribution in [3.8, 4) is 0 Å². The summed E-state index contributed by atoms with van der Waals surface area (Å²) in [6.45, 7) is 0.0468. The number of benzene rings is 1. The van der Waals surface area contributed by atoms with Crippen LogP contribution in [0, 0.1) is 23.3 Å². The normalized spacial score (nSPS) is 11.7. The first kappa shape index (κ1) is 20.8. The van der Waals surface area contributed by atoms with Crippen molar-refractivity contribution in [1.29, 1.82) is 0 Å². The number of carbonyl (C=O) groups is 1. The molecule has 6 nitrogen and oxygen atoms in total. The zero-order valence-electron chi connectivity index (χ0n) is 13.7. The fraction of sp³-hybridized carbons (Fsp3) is 0.133. The number of carbonyl (C=O) groups excluding carboxylic acids is 1. The molecule has 3 rings (SSSR count). The molecule has 0 radical (unpaired) electrons. The average molecular weight is 486 g/mol. The van der Waals surface area contributed by atoms with Crippen molar-refractivity contribution in [2.45, 2.75) is 12.8 Å². The number of alkyl halides is 3. The van der Waals surface area contributed by atoms with Gasteiger partial charge in [-0.1, -0.05) is 0 Å². The Balaban J connectivity index is 1.86. The lowest BCUT2D eigenvalue weighted by atomic mass is 10.1. The van der Waals surface area contributed by atoms with E-state index in [0.717, 1.165) is 6.07 Å². The van der Waals surface area contributed by atoms with E-state index in [1.807, 2.05) is 0 Å². The van der Waals surface area contributed by atoms with Gasteiger partial charge in [-0.2, -0.15) is 23.4 Å². The third-order valence-electron chi connectivity index (χ3n) is 3.55. The molecule has 29 heavy (non-hydrogen) atoms. The number of halogens is 8. The Labute approximate surface area is 165 Å². The number of nitrogens with zero attached hydrogens (tertiary/aromatic N) is 4. The first-order valence-electron chi connectivity index (χ1n) is 7.45. The fourth-order valence-electron chi connectivity index (χ4n) is 2.29. The molecule has 2 aromatic heterocycles. The van der Waals surface area contributed by atoms with E-state index in [-0.39, 0.29) is 6.67 Å². The average Bonchev–Trinajstić information content (AvgIpc) is 3.25. The molecule has 0 aliphatic carbocycles. The molecule has 0 aliphatic heterocycles. The van der Waals surface area contributed by atoms with E-state index in [1.54, 1.807) is 6.20 Å². The van der Waals surface area contributed by atoms with Gasteiger partial charge in [0.05, 0.1) is 10.7 Å². The molecule has 0 aliphatic rings. The molecule has 0 fully saturated rings. The number of rotatable bonds is 4. The van der Waals surface area contributed by atoms with Crippen LogP contribution in [0.5, 0.6) is 0 Å². The van der Waals surface area contributed by atoms with Crippen LogP contribution in [0.3, 0.4) is 0 Å². The molecule has 1 N–H and O–H groups in total. The zero-order chi connectivity index (χ0) is 21.5. The van der Waals surface area contributed by atoms with Gasteiger partial charge in [0.25, 0.3) is 5.91 Å². The Morgan fingerprint density at radius 3 is 2.21 bits per heavy atom. The van der Waals surface area contributed by atoms with Crippen molar-refractivity contribution in [2.24, 2.45) is 0 Å². The van der Waals surface area contributed by atoms with E-state index in [9.17, 15) is 35.5 Å². The summed E-state index contributed by atoms with van der Waals surface area (Å²) in [5, 5.41) is 9.22. The molecule has 14 heteroatoms. The van der Waals surface area contributed by atoms with Crippen LogP contribution in [-0.4, -0.2) is 25.5 Å². The highest BCUT2D eigenvalue weighted by Crippen LogP contribution is 2.38. The van der Waals surface area contributed by atoms with E-state index < -0.39 is 52.3 Å². The van der Waals surface area contributed by atoms with Crippen molar-refractivity contribution in [3.05, 3.63) is 63.7 Å². The van der Waals surface area contributed by atoms with Gasteiger partial charge in [0.1, 0.15) is 17.9 Å². The van der Waals surface area contributed by atoms with Crippen molar-refractivity contribution < 1.29 is 35.5 Å². The lowest BCUT2D eigenvalue weighted by molar-refractivity contribution is -0.143. The largest absolute Gasteiger partial charge is 0.422 e. The SMILES string of the molecule is O=C(Nc1c(F)c(F)c(C(F)(F)F)c(F)c1F)c1ccn(Cn2cc(Br)cn2)n1. The Kier molecular flexibility index (Phi) is 5.38. The van der Waals surface area contributed by atoms with Crippen molar-refractivity contribution >= 4 is 27.5 Å². The molecular weight excluding hydrogens is 479 g/mol. The molecule has 2 heterocycles. The molecule has 0 spiro atoms. The lowest BCUT2D eigenvalue weighted by Crippen LogP contribution is -2.21. The summed E-state index contributed by atoms with van der Waals surface area (Å²) in [5.74, 6) is -11.5. The minimum Gasteiger partial charge on any atom is -0.315 e. The highest BCUT2D eigenvalue weighted by Gasteiger charge is 2.42. The summed E-state index contributed by atoms with van der Waals surface area (Å²) >= 11 is 3.17. The second kappa shape index (κ2) is 7.50. The lowest BCUT2D eigenvalue weighted by Gasteiger charge is -2.14. The fourth-order valence-corrected chi connectivity index (χ4v) is 2.62. The van der Waals surface area contributed by atoms with Gasteiger partial charge in [0, 0.05) is 12.4 Å². The van der Waals surface area contributed by atoms with Crippen LogP contribution >= 0.6 is 15.9 Å². The second-order valence-corrected chi connectivity index (χ2v) is 6.45. The summed E-state index contributed by atoms with van der Waals surface area (Å²) in [7, 11) is 0. The summed E-state index contributed by atoms with van der Waals surface area (Å²) in [4.78, 5) is 12.1. The quantitative estimate of drug-likeness (QED) is 0.445. The topological polar surface area (TPSA) is 64.7 Å². The maximum Gasteiger partial charge on any atom is 0.422 e. The predicted molar refractivity (Wildman–Crippen MR) is 86.8 cm³/mol. The molecule has 0 bridgehead atoms. The molecule has 0 saturated heterocycles. The molecule has 1 amide bonds. The highest BCUT2D eigenvalue weighted by atomic mass is 79.9. The van der Waals surface area contributed by atoms with Crippen molar-refractivity contribution in [2.75, 3.05) is 5.32 Å². The van der Waals surface area contributed by atoms with Gasteiger partial charge in [-0.3, -0.25) is 9.48 Å². The van der Waals surface area contributed by atoms with Crippen LogP contribution < -0.4 is 5.32 Å². The maximum atomic E-state index is 13.9. The smallest absolute Gasteiger partial charge is 0.315 e. The Morgan fingerprint density at radius 1 is 1.07 bits per heavy atom. The molecule has 0 saturated carbocycles. The van der Waals surface area contributed by atoms with Crippen LogP contribution in [-0.2, 0) is 12.8 Å².